The first-order valence-corrected chi connectivity index (χ1v) is 7.92. The third-order valence-electron chi connectivity index (χ3n) is 4.10. The van der Waals surface area contributed by atoms with Gasteiger partial charge in [-0.3, -0.25) is 9.69 Å². The second-order valence-corrected chi connectivity index (χ2v) is 6.89. The number of nitrogens with zero attached hydrogens (tertiary/aromatic N) is 2. The summed E-state index contributed by atoms with van der Waals surface area (Å²) in [5.74, 6) is -0.145. The van der Waals surface area contributed by atoms with Gasteiger partial charge >= 0.3 is 5.97 Å². The number of benzene rings is 1. The summed E-state index contributed by atoms with van der Waals surface area (Å²) in [7, 11) is 0. The molecule has 1 N–H and O–H groups in total. The highest BCUT2D eigenvalue weighted by Gasteiger charge is 2.40. The maximum absolute atomic E-state index is 11.3. The molecule has 1 aliphatic rings. The highest BCUT2D eigenvalue weighted by Crippen LogP contribution is 2.31. The first kappa shape index (κ1) is 15.2. The summed E-state index contributed by atoms with van der Waals surface area (Å²) in [6, 6.07) is 7.77. The molecule has 1 unspecified atom stereocenters. The lowest BCUT2D eigenvalue weighted by Gasteiger charge is -2.19. The number of carboxylic acids is 1. The van der Waals surface area contributed by atoms with Crippen LogP contribution in [0.15, 0.2) is 39.4 Å². The number of carbonyl (C=O) groups is 1. The van der Waals surface area contributed by atoms with Crippen LogP contribution in [0.5, 0.6) is 0 Å². The number of oxazole rings is 1. The van der Waals surface area contributed by atoms with Crippen molar-refractivity contribution in [2.45, 2.75) is 19.9 Å². The summed E-state index contributed by atoms with van der Waals surface area (Å²) in [6.07, 6.45) is 2.31. The minimum atomic E-state index is -0.731. The average Bonchev–Trinajstić information content (AvgIpc) is 3.08. The van der Waals surface area contributed by atoms with E-state index in [2.05, 4.69) is 25.8 Å². The molecule has 0 spiro atoms. The van der Waals surface area contributed by atoms with Gasteiger partial charge in [-0.1, -0.05) is 15.9 Å². The number of aromatic nitrogens is 1. The Balaban J connectivity index is 1.68. The van der Waals surface area contributed by atoms with Crippen LogP contribution in [0.1, 0.15) is 19.0 Å². The van der Waals surface area contributed by atoms with Gasteiger partial charge in [-0.15, -0.1) is 0 Å². The van der Waals surface area contributed by atoms with E-state index in [1.165, 1.54) is 0 Å². The van der Waals surface area contributed by atoms with Gasteiger partial charge in [0.1, 0.15) is 6.26 Å². The number of hydrogen-bond donors (Lipinski definition) is 1. The van der Waals surface area contributed by atoms with Crippen molar-refractivity contribution >= 4 is 21.9 Å². The normalized spacial score (nSPS) is 22.1. The maximum atomic E-state index is 11.3. The number of carboxylic acid groups (broad SMARTS) is 1. The van der Waals surface area contributed by atoms with Crippen molar-refractivity contribution < 1.29 is 14.3 Å². The summed E-state index contributed by atoms with van der Waals surface area (Å²) in [5.41, 5.74) is 1.09. The molecule has 0 amide bonds. The predicted octanol–water partition coefficient (Wildman–Crippen LogP) is 3.40. The summed E-state index contributed by atoms with van der Waals surface area (Å²) in [4.78, 5) is 17.9. The topological polar surface area (TPSA) is 66.6 Å². The van der Waals surface area contributed by atoms with Gasteiger partial charge < -0.3 is 9.52 Å². The molecule has 1 aromatic carbocycles. The van der Waals surface area contributed by atoms with Gasteiger partial charge in [0.2, 0.25) is 5.89 Å². The van der Waals surface area contributed by atoms with Crippen LogP contribution in [0, 0.1) is 5.41 Å². The van der Waals surface area contributed by atoms with Crippen LogP contribution in [0.3, 0.4) is 0 Å². The van der Waals surface area contributed by atoms with Crippen LogP contribution < -0.4 is 0 Å². The zero-order chi connectivity index (χ0) is 15.7. The van der Waals surface area contributed by atoms with Crippen molar-refractivity contribution in [3.05, 3.63) is 40.7 Å². The van der Waals surface area contributed by atoms with E-state index in [0.717, 1.165) is 22.3 Å². The van der Waals surface area contributed by atoms with Crippen LogP contribution in [0.25, 0.3) is 11.5 Å². The van der Waals surface area contributed by atoms with Crippen molar-refractivity contribution in [3.63, 3.8) is 0 Å². The molecule has 22 heavy (non-hydrogen) atoms. The Labute approximate surface area is 137 Å². The van der Waals surface area contributed by atoms with Gasteiger partial charge in [-0.25, -0.2) is 4.98 Å². The molecule has 3 rings (SSSR count). The molecule has 116 valence electrons. The highest BCUT2D eigenvalue weighted by molar-refractivity contribution is 9.10. The van der Waals surface area contributed by atoms with E-state index in [-0.39, 0.29) is 0 Å². The van der Waals surface area contributed by atoms with E-state index < -0.39 is 11.4 Å². The van der Waals surface area contributed by atoms with Gasteiger partial charge in [0, 0.05) is 23.1 Å². The third-order valence-corrected chi connectivity index (χ3v) is 4.63. The standard InChI is InChI=1S/C16H17BrN2O3/c1-16(15(20)21)6-7-19(10-16)8-13-9-22-14(18-13)11-2-4-12(17)5-3-11/h2-5,9H,6-8,10H2,1H3,(H,20,21). The Hall–Kier alpha value is -1.66. The van der Waals surface area contributed by atoms with Gasteiger partial charge in [-0.2, -0.15) is 0 Å². The molecule has 1 aromatic heterocycles. The van der Waals surface area contributed by atoms with E-state index in [9.17, 15) is 9.90 Å². The average molecular weight is 365 g/mol. The van der Waals surface area contributed by atoms with E-state index in [1.807, 2.05) is 24.3 Å². The number of likely N-dealkylation sites (tertiary alicyclic amines) is 1. The number of hydrogen-bond acceptors (Lipinski definition) is 4. The minimum Gasteiger partial charge on any atom is -0.481 e. The fourth-order valence-corrected chi connectivity index (χ4v) is 2.96. The molecule has 6 heteroatoms. The monoisotopic (exact) mass is 364 g/mol. The second-order valence-electron chi connectivity index (χ2n) is 5.98. The van der Waals surface area contributed by atoms with Gasteiger partial charge in [0.15, 0.2) is 0 Å². The largest absolute Gasteiger partial charge is 0.481 e. The lowest BCUT2D eigenvalue weighted by atomic mass is 9.90. The molecule has 1 aliphatic heterocycles. The molecule has 1 atom stereocenters. The first-order valence-electron chi connectivity index (χ1n) is 7.12. The zero-order valence-electron chi connectivity index (χ0n) is 12.3. The molecule has 0 bridgehead atoms. The predicted molar refractivity (Wildman–Crippen MR) is 85.3 cm³/mol. The third kappa shape index (κ3) is 3.08. The Morgan fingerprint density at radius 1 is 1.45 bits per heavy atom. The summed E-state index contributed by atoms with van der Waals surface area (Å²) < 4.78 is 6.54. The SMILES string of the molecule is CC1(C(=O)O)CCN(Cc2coc(-c3ccc(Br)cc3)n2)C1. The van der Waals surface area contributed by atoms with E-state index in [4.69, 9.17) is 4.42 Å². The minimum absolute atomic E-state index is 0.544. The van der Waals surface area contributed by atoms with Crippen molar-refractivity contribution in [2.75, 3.05) is 13.1 Å². The Morgan fingerprint density at radius 2 is 2.18 bits per heavy atom. The highest BCUT2D eigenvalue weighted by atomic mass is 79.9. The maximum Gasteiger partial charge on any atom is 0.310 e. The molecule has 2 aromatic rings. The van der Waals surface area contributed by atoms with Crippen LogP contribution in [-0.2, 0) is 11.3 Å². The van der Waals surface area contributed by atoms with E-state index >= 15 is 0 Å². The molecule has 0 radical (unpaired) electrons. The first-order chi connectivity index (χ1) is 10.5. The van der Waals surface area contributed by atoms with Gasteiger partial charge in [0.25, 0.3) is 0 Å². The zero-order valence-corrected chi connectivity index (χ0v) is 13.8. The molecule has 2 heterocycles. The fraction of sp³-hybridized carbons (Fsp3) is 0.375. The van der Waals surface area contributed by atoms with Crippen LogP contribution in [-0.4, -0.2) is 34.0 Å². The Morgan fingerprint density at radius 3 is 2.82 bits per heavy atom. The molecule has 0 aliphatic carbocycles. The number of aliphatic carboxylic acids is 1. The summed E-state index contributed by atoms with van der Waals surface area (Å²) in [6.45, 7) is 3.72. The molecule has 1 fully saturated rings. The van der Waals surface area contributed by atoms with E-state index in [0.29, 0.717) is 25.4 Å². The summed E-state index contributed by atoms with van der Waals surface area (Å²) >= 11 is 3.40. The van der Waals surface area contributed by atoms with Crippen molar-refractivity contribution in [1.29, 1.82) is 0 Å². The number of halogens is 1. The van der Waals surface area contributed by atoms with Gasteiger partial charge in [0.05, 0.1) is 11.1 Å². The molecule has 0 saturated carbocycles. The molecular weight excluding hydrogens is 348 g/mol. The lowest BCUT2D eigenvalue weighted by molar-refractivity contribution is -0.147. The second kappa shape index (κ2) is 5.85. The van der Waals surface area contributed by atoms with Crippen LogP contribution in [0.2, 0.25) is 0 Å². The smallest absolute Gasteiger partial charge is 0.310 e. The summed E-state index contributed by atoms with van der Waals surface area (Å²) in [5, 5.41) is 9.27. The number of rotatable bonds is 4. The quantitative estimate of drug-likeness (QED) is 0.900. The van der Waals surface area contributed by atoms with Crippen molar-refractivity contribution in [2.24, 2.45) is 5.41 Å². The van der Waals surface area contributed by atoms with Crippen LogP contribution >= 0.6 is 15.9 Å². The van der Waals surface area contributed by atoms with Gasteiger partial charge in [-0.05, 0) is 44.2 Å². The molecule has 1 saturated heterocycles. The molecule has 5 nitrogen and oxygen atoms in total. The van der Waals surface area contributed by atoms with Crippen LogP contribution in [0.4, 0.5) is 0 Å². The Bertz CT molecular complexity index is 683. The van der Waals surface area contributed by atoms with Crippen molar-refractivity contribution in [1.82, 2.24) is 9.88 Å². The molecular formula is C16H17BrN2O3. The van der Waals surface area contributed by atoms with E-state index in [1.54, 1.807) is 13.2 Å². The van der Waals surface area contributed by atoms with Crippen molar-refractivity contribution in [3.8, 4) is 11.5 Å². The Kier molecular flexibility index (Phi) is 4.06. The fourth-order valence-electron chi connectivity index (χ4n) is 2.70. The lowest BCUT2D eigenvalue weighted by Crippen LogP contribution is -2.31.